The molecule has 0 N–H and O–H groups in total. The maximum Gasteiger partial charge on any atom is 0.303 e. The van der Waals surface area contributed by atoms with Gasteiger partial charge in [-0.25, -0.2) is 0 Å². The van der Waals surface area contributed by atoms with Gasteiger partial charge in [-0.1, -0.05) is 0 Å². The van der Waals surface area contributed by atoms with Crippen molar-refractivity contribution in [3.05, 3.63) is 0 Å². The minimum absolute atomic E-state index is 0.565. The Bertz CT molecular complexity index is 407. The SMILES string of the molecule is CO[C@H]1O[C@H](C)[C@@H](OC(C)=O)[C@H](OC(C)=O)[C@@H]1OC(C)=O. The third kappa shape index (κ3) is 4.68. The highest BCUT2D eigenvalue weighted by molar-refractivity contribution is 5.68. The van der Waals surface area contributed by atoms with Gasteiger partial charge in [0.05, 0.1) is 6.10 Å². The predicted molar refractivity (Wildman–Crippen MR) is 68.0 cm³/mol. The quantitative estimate of drug-likeness (QED) is 0.535. The lowest BCUT2D eigenvalue weighted by molar-refractivity contribution is -0.294. The molecule has 1 aliphatic heterocycles. The second-order valence-electron chi connectivity index (χ2n) is 4.67. The Kier molecular flexibility index (Phi) is 6.10. The Hall–Kier alpha value is -1.67. The van der Waals surface area contributed by atoms with E-state index in [0.29, 0.717) is 0 Å². The van der Waals surface area contributed by atoms with Crippen LogP contribution in [0.2, 0.25) is 0 Å². The van der Waals surface area contributed by atoms with Gasteiger partial charge in [-0.2, -0.15) is 0 Å². The Morgan fingerprint density at radius 3 is 1.67 bits per heavy atom. The highest BCUT2D eigenvalue weighted by Crippen LogP contribution is 2.28. The van der Waals surface area contributed by atoms with Crippen molar-refractivity contribution in [2.24, 2.45) is 0 Å². The number of methoxy groups -OCH3 is 1. The predicted octanol–water partition coefficient (Wildman–Crippen LogP) is 0.173. The van der Waals surface area contributed by atoms with E-state index in [1.165, 1.54) is 27.9 Å². The molecule has 0 saturated carbocycles. The molecule has 0 aromatic heterocycles. The summed E-state index contributed by atoms with van der Waals surface area (Å²) in [4.78, 5) is 33.7. The van der Waals surface area contributed by atoms with E-state index in [4.69, 9.17) is 23.7 Å². The molecule has 1 rings (SSSR count). The molecule has 0 aromatic carbocycles. The molecule has 5 atom stereocenters. The minimum Gasteiger partial charge on any atom is -0.456 e. The molecular formula is C13H20O8. The van der Waals surface area contributed by atoms with Crippen LogP contribution in [0, 0.1) is 0 Å². The summed E-state index contributed by atoms with van der Waals surface area (Å²) >= 11 is 0. The molecule has 1 heterocycles. The number of rotatable bonds is 4. The number of hydrogen-bond acceptors (Lipinski definition) is 8. The molecule has 0 aliphatic carbocycles. The fourth-order valence-corrected chi connectivity index (χ4v) is 2.16. The van der Waals surface area contributed by atoms with Crippen molar-refractivity contribution >= 4 is 17.9 Å². The first-order chi connectivity index (χ1) is 9.76. The summed E-state index contributed by atoms with van der Waals surface area (Å²) in [5.41, 5.74) is 0. The molecule has 1 saturated heterocycles. The second kappa shape index (κ2) is 7.37. The second-order valence-corrected chi connectivity index (χ2v) is 4.67. The standard InChI is InChI=1S/C13H20O8/c1-6-10(19-7(2)14)11(20-8(3)15)12(21-9(4)16)13(17-5)18-6/h6,10-13H,1-5H3/t6-,10-,11+,12+,13+/m1/s1. The van der Waals surface area contributed by atoms with E-state index in [0.717, 1.165) is 0 Å². The van der Waals surface area contributed by atoms with Crippen molar-refractivity contribution < 1.29 is 38.1 Å². The number of carbonyl (C=O) groups is 3. The third-order valence-corrected chi connectivity index (χ3v) is 2.87. The monoisotopic (exact) mass is 304 g/mol. The summed E-state index contributed by atoms with van der Waals surface area (Å²) in [6.45, 7) is 5.27. The Morgan fingerprint density at radius 2 is 1.24 bits per heavy atom. The maximum absolute atomic E-state index is 11.3. The Labute approximate surface area is 122 Å². The van der Waals surface area contributed by atoms with Crippen molar-refractivity contribution in [2.75, 3.05) is 7.11 Å². The van der Waals surface area contributed by atoms with Gasteiger partial charge in [-0.3, -0.25) is 14.4 Å². The van der Waals surface area contributed by atoms with Gasteiger partial charge in [0.2, 0.25) is 0 Å². The van der Waals surface area contributed by atoms with Gasteiger partial charge >= 0.3 is 17.9 Å². The van der Waals surface area contributed by atoms with Crippen LogP contribution >= 0.6 is 0 Å². The lowest BCUT2D eigenvalue weighted by Crippen LogP contribution is -2.60. The van der Waals surface area contributed by atoms with Crippen LogP contribution in [0.25, 0.3) is 0 Å². The van der Waals surface area contributed by atoms with Crippen LogP contribution in [0.5, 0.6) is 0 Å². The van der Waals surface area contributed by atoms with Gasteiger partial charge in [0.25, 0.3) is 0 Å². The molecule has 0 unspecified atom stereocenters. The van der Waals surface area contributed by atoms with Gasteiger partial charge in [-0.05, 0) is 6.92 Å². The van der Waals surface area contributed by atoms with Gasteiger partial charge in [-0.15, -0.1) is 0 Å². The molecule has 0 amide bonds. The highest BCUT2D eigenvalue weighted by atomic mass is 16.7. The zero-order chi connectivity index (χ0) is 16.2. The average molecular weight is 304 g/mol. The molecule has 8 heteroatoms. The molecule has 120 valence electrons. The molecule has 8 nitrogen and oxygen atoms in total. The van der Waals surface area contributed by atoms with Crippen molar-refractivity contribution in [3.63, 3.8) is 0 Å². The number of esters is 3. The first-order valence-corrected chi connectivity index (χ1v) is 6.46. The molecule has 0 spiro atoms. The van der Waals surface area contributed by atoms with Gasteiger partial charge in [0.1, 0.15) is 0 Å². The maximum atomic E-state index is 11.3. The summed E-state index contributed by atoms with van der Waals surface area (Å²) in [6, 6.07) is 0. The number of ether oxygens (including phenoxy) is 5. The highest BCUT2D eigenvalue weighted by Gasteiger charge is 2.50. The van der Waals surface area contributed by atoms with Gasteiger partial charge < -0.3 is 23.7 Å². The van der Waals surface area contributed by atoms with E-state index in [2.05, 4.69) is 0 Å². The third-order valence-electron chi connectivity index (χ3n) is 2.87. The Balaban J connectivity index is 3.08. The minimum atomic E-state index is -1.03. The van der Waals surface area contributed by atoms with Crippen LogP contribution in [-0.2, 0) is 38.1 Å². The molecule has 21 heavy (non-hydrogen) atoms. The van der Waals surface area contributed by atoms with Gasteiger partial charge in [0, 0.05) is 27.9 Å². The van der Waals surface area contributed by atoms with E-state index < -0.39 is 48.6 Å². The smallest absolute Gasteiger partial charge is 0.303 e. The van der Waals surface area contributed by atoms with Gasteiger partial charge in [0.15, 0.2) is 24.6 Å². The van der Waals surface area contributed by atoms with Crippen LogP contribution in [0.1, 0.15) is 27.7 Å². The van der Waals surface area contributed by atoms with E-state index >= 15 is 0 Å². The summed E-state index contributed by atoms with van der Waals surface area (Å²) in [5.74, 6) is -1.76. The van der Waals surface area contributed by atoms with Crippen LogP contribution in [-0.4, -0.2) is 55.7 Å². The van der Waals surface area contributed by atoms with E-state index in [1.54, 1.807) is 6.92 Å². The summed E-state index contributed by atoms with van der Waals surface area (Å²) in [7, 11) is 1.37. The fraction of sp³-hybridized carbons (Fsp3) is 0.769. The normalized spacial score (nSPS) is 32.1. The first kappa shape index (κ1) is 17.4. The van der Waals surface area contributed by atoms with E-state index in [-0.39, 0.29) is 0 Å². The topological polar surface area (TPSA) is 97.4 Å². The zero-order valence-electron chi connectivity index (χ0n) is 12.7. The van der Waals surface area contributed by atoms with E-state index in [9.17, 15) is 14.4 Å². The fourth-order valence-electron chi connectivity index (χ4n) is 2.16. The largest absolute Gasteiger partial charge is 0.456 e. The van der Waals surface area contributed by atoms with Crippen molar-refractivity contribution in [1.29, 1.82) is 0 Å². The molecule has 0 radical (unpaired) electrons. The van der Waals surface area contributed by atoms with Crippen LogP contribution in [0.3, 0.4) is 0 Å². The average Bonchev–Trinajstić information content (AvgIpc) is 2.35. The first-order valence-electron chi connectivity index (χ1n) is 6.46. The number of hydrogen-bond donors (Lipinski definition) is 0. The van der Waals surface area contributed by atoms with Crippen molar-refractivity contribution in [3.8, 4) is 0 Å². The summed E-state index contributed by atoms with van der Waals surface area (Å²) in [6.07, 6.45) is -4.47. The molecule has 0 bridgehead atoms. The van der Waals surface area contributed by atoms with Crippen molar-refractivity contribution in [1.82, 2.24) is 0 Å². The molecular weight excluding hydrogens is 284 g/mol. The molecule has 1 aliphatic rings. The zero-order valence-corrected chi connectivity index (χ0v) is 12.7. The van der Waals surface area contributed by atoms with Crippen LogP contribution in [0.4, 0.5) is 0 Å². The van der Waals surface area contributed by atoms with E-state index in [1.807, 2.05) is 0 Å². The summed E-state index contributed by atoms with van der Waals surface area (Å²) < 4.78 is 26.0. The Morgan fingerprint density at radius 1 is 0.810 bits per heavy atom. The molecule has 1 fully saturated rings. The number of carbonyl (C=O) groups excluding carboxylic acids is 3. The lowest BCUT2D eigenvalue weighted by Gasteiger charge is -2.42. The lowest BCUT2D eigenvalue weighted by atomic mass is 9.99. The van der Waals surface area contributed by atoms with Crippen LogP contribution in [0.15, 0.2) is 0 Å². The van der Waals surface area contributed by atoms with Crippen LogP contribution < -0.4 is 0 Å². The summed E-state index contributed by atoms with van der Waals surface area (Å²) in [5, 5.41) is 0. The molecule has 0 aromatic rings. The van der Waals surface area contributed by atoms with Crippen molar-refractivity contribution in [2.45, 2.75) is 58.4 Å².